The zero-order valence-corrected chi connectivity index (χ0v) is 4.65. The fourth-order valence-corrected chi connectivity index (χ4v) is 0.515. The Kier molecular flexibility index (Phi) is 1.54. The first kappa shape index (κ1) is 4.93. The molecule has 0 aliphatic carbocycles. The van der Waals surface area contributed by atoms with Crippen molar-refractivity contribution in [3.63, 3.8) is 0 Å². The molecule has 3 nitrogen and oxygen atoms in total. The summed E-state index contributed by atoms with van der Waals surface area (Å²) in [5.41, 5.74) is 0.0810. The van der Waals surface area contributed by atoms with Crippen LogP contribution >= 0.6 is 12.6 Å². The van der Waals surface area contributed by atoms with E-state index in [1.54, 1.807) is 6.34 Å². The second kappa shape index (κ2) is 2.18. The highest BCUT2D eigenvalue weighted by atomic mass is 32.1. The molecule has 0 amide bonds. The van der Waals surface area contributed by atoms with Gasteiger partial charge in [-0.25, -0.2) is 0 Å². The summed E-state index contributed by atoms with van der Waals surface area (Å²) in [7, 11) is 0. The van der Waals surface area contributed by atoms with E-state index in [1.165, 1.54) is 0 Å². The lowest BCUT2D eigenvalue weighted by Gasteiger charge is -2.14. The SMILES string of the molecule is SC1NC=NCN1. The van der Waals surface area contributed by atoms with E-state index in [9.17, 15) is 0 Å². The lowest BCUT2D eigenvalue weighted by molar-refractivity contribution is 0.617. The average molecular weight is 117 g/mol. The van der Waals surface area contributed by atoms with E-state index in [0.29, 0.717) is 6.67 Å². The van der Waals surface area contributed by atoms with Gasteiger partial charge in [-0.05, 0) is 0 Å². The fourth-order valence-electron chi connectivity index (χ4n) is 0.367. The van der Waals surface area contributed by atoms with E-state index in [2.05, 4.69) is 28.3 Å². The highest BCUT2D eigenvalue weighted by Gasteiger charge is 1.97. The van der Waals surface area contributed by atoms with Gasteiger partial charge in [-0.3, -0.25) is 10.3 Å². The Hall–Kier alpha value is -0.220. The Morgan fingerprint density at radius 2 is 2.71 bits per heavy atom. The Labute approximate surface area is 47.6 Å². The van der Waals surface area contributed by atoms with Crippen molar-refractivity contribution in [2.45, 2.75) is 5.50 Å². The molecular weight excluding hydrogens is 110 g/mol. The highest BCUT2D eigenvalue weighted by Crippen LogP contribution is 1.83. The van der Waals surface area contributed by atoms with Gasteiger partial charge in [-0.2, -0.15) is 0 Å². The van der Waals surface area contributed by atoms with Crippen molar-refractivity contribution in [3.05, 3.63) is 0 Å². The predicted octanol–water partition coefficient (Wildman–Crippen LogP) is -0.622. The average Bonchev–Trinajstić information content (AvgIpc) is 1.69. The van der Waals surface area contributed by atoms with Gasteiger partial charge in [0.05, 0.1) is 13.0 Å². The first-order chi connectivity index (χ1) is 3.39. The molecule has 1 aliphatic rings. The molecule has 7 heavy (non-hydrogen) atoms. The quantitative estimate of drug-likeness (QED) is 0.370. The van der Waals surface area contributed by atoms with Gasteiger partial charge in [0, 0.05) is 0 Å². The van der Waals surface area contributed by atoms with Gasteiger partial charge < -0.3 is 5.32 Å². The second-order valence-electron chi connectivity index (χ2n) is 1.24. The number of hydrogen-bond acceptors (Lipinski definition) is 4. The monoisotopic (exact) mass is 117 g/mol. The van der Waals surface area contributed by atoms with Crippen LogP contribution in [-0.2, 0) is 0 Å². The van der Waals surface area contributed by atoms with Crippen LogP contribution in [0.3, 0.4) is 0 Å². The molecule has 1 atom stereocenters. The summed E-state index contributed by atoms with van der Waals surface area (Å²) in [5.74, 6) is 0. The van der Waals surface area contributed by atoms with Crippen molar-refractivity contribution in [2.24, 2.45) is 4.99 Å². The molecule has 0 radical (unpaired) electrons. The third-order valence-electron chi connectivity index (χ3n) is 0.700. The van der Waals surface area contributed by atoms with Crippen molar-refractivity contribution in [1.29, 1.82) is 0 Å². The molecule has 4 heteroatoms. The first-order valence-electron chi connectivity index (χ1n) is 2.05. The summed E-state index contributed by atoms with van der Waals surface area (Å²) >= 11 is 4.05. The van der Waals surface area contributed by atoms with E-state index in [0.717, 1.165) is 0 Å². The number of aliphatic imine (C=N–C) groups is 1. The maximum Gasteiger partial charge on any atom is 0.124 e. The Bertz CT molecular complexity index is 82.2. The minimum absolute atomic E-state index is 0.0810. The standard InChI is InChI=1S/C3H7N3S/c7-3-5-1-4-2-6-3/h1,3,6-7H,2H2,(H,4,5). The highest BCUT2D eigenvalue weighted by molar-refractivity contribution is 7.80. The van der Waals surface area contributed by atoms with Crippen molar-refractivity contribution in [3.8, 4) is 0 Å². The summed E-state index contributed by atoms with van der Waals surface area (Å²) in [6.45, 7) is 0.668. The van der Waals surface area contributed by atoms with Gasteiger partial charge >= 0.3 is 0 Å². The third kappa shape index (κ3) is 1.36. The summed E-state index contributed by atoms with van der Waals surface area (Å²) in [5, 5.41) is 5.78. The number of nitrogens with zero attached hydrogens (tertiary/aromatic N) is 1. The smallest absolute Gasteiger partial charge is 0.124 e. The van der Waals surface area contributed by atoms with Crippen LogP contribution in [0.2, 0.25) is 0 Å². The summed E-state index contributed by atoms with van der Waals surface area (Å²) in [4.78, 5) is 3.83. The Morgan fingerprint density at radius 1 is 1.86 bits per heavy atom. The van der Waals surface area contributed by atoms with Gasteiger partial charge in [-0.1, -0.05) is 0 Å². The number of nitrogens with one attached hydrogen (secondary N) is 2. The molecule has 1 unspecified atom stereocenters. The number of thiol groups is 1. The van der Waals surface area contributed by atoms with Crippen LogP contribution in [0.15, 0.2) is 4.99 Å². The van der Waals surface area contributed by atoms with Crippen LogP contribution in [0.5, 0.6) is 0 Å². The van der Waals surface area contributed by atoms with E-state index in [1.807, 2.05) is 0 Å². The minimum atomic E-state index is 0.0810. The van der Waals surface area contributed by atoms with Crippen molar-refractivity contribution < 1.29 is 0 Å². The second-order valence-corrected chi connectivity index (χ2v) is 1.76. The molecule has 1 rings (SSSR count). The lowest BCUT2D eigenvalue weighted by Crippen LogP contribution is -2.40. The molecule has 0 aromatic rings. The predicted molar refractivity (Wildman–Crippen MR) is 32.4 cm³/mol. The van der Waals surface area contributed by atoms with E-state index >= 15 is 0 Å². The zero-order valence-electron chi connectivity index (χ0n) is 3.76. The van der Waals surface area contributed by atoms with Crippen LogP contribution in [-0.4, -0.2) is 18.5 Å². The molecule has 0 saturated heterocycles. The molecule has 0 fully saturated rings. The molecule has 0 spiro atoms. The number of rotatable bonds is 0. The molecule has 2 N–H and O–H groups in total. The molecule has 1 heterocycles. The lowest BCUT2D eigenvalue weighted by atomic mass is 10.8. The maximum absolute atomic E-state index is 4.05. The van der Waals surface area contributed by atoms with E-state index < -0.39 is 0 Å². The van der Waals surface area contributed by atoms with Gasteiger partial charge in [0.25, 0.3) is 0 Å². The van der Waals surface area contributed by atoms with Gasteiger partial charge in [0.15, 0.2) is 0 Å². The van der Waals surface area contributed by atoms with Crippen LogP contribution in [0.1, 0.15) is 0 Å². The largest absolute Gasteiger partial charge is 0.353 e. The normalized spacial score (nSPS) is 29.6. The molecule has 0 aromatic carbocycles. The van der Waals surface area contributed by atoms with Crippen LogP contribution in [0.4, 0.5) is 0 Å². The topological polar surface area (TPSA) is 36.4 Å². The van der Waals surface area contributed by atoms with E-state index in [-0.39, 0.29) is 5.50 Å². The minimum Gasteiger partial charge on any atom is -0.353 e. The van der Waals surface area contributed by atoms with E-state index in [4.69, 9.17) is 0 Å². The Balaban J connectivity index is 2.32. The van der Waals surface area contributed by atoms with Crippen molar-refractivity contribution in [2.75, 3.05) is 6.67 Å². The van der Waals surface area contributed by atoms with Gasteiger partial charge in [0.1, 0.15) is 5.50 Å². The maximum atomic E-state index is 4.05. The summed E-state index contributed by atoms with van der Waals surface area (Å²) in [6, 6.07) is 0. The molecular formula is C3H7N3S. The van der Waals surface area contributed by atoms with Crippen molar-refractivity contribution in [1.82, 2.24) is 10.6 Å². The molecule has 1 aliphatic heterocycles. The molecule has 0 aromatic heterocycles. The molecule has 40 valence electrons. The van der Waals surface area contributed by atoms with Crippen molar-refractivity contribution >= 4 is 19.0 Å². The summed E-state index contributed by atoms with van der Waals surface area (Å²) < 4.78 is 0. The molecule has 0 saturated carbocycles. The van der Waals surface area contributed by atoms with Gasteiger partial charge in [0.2, 0.25) is 0 Å². The number of hydrogen-bond donors (Lipinski definition) is 3. The van der Waals surface area contributed by atoms with Gasteiger partial charge in [-0.15, -0.1) is 12.6 Å². The van der Waals surface area contributed by atoms with Crippen LogP contribution in [0, 0.1) is 0 Å². The first-order valence-corrected chi connectivity index (χ1v) is 2.57. The van der Waals surface area contributed by atoms with Crippen LogP contribution in [0.25, 0.3) is 0 Å². The third-order valence-corrected chi connectivity index (χ3v) is 1.03. The van der Waals surface area contributed by atoms with Crippen LogP contribution < -0.4 is 10.6 Å². The Morgan fingerprint density at radius 3 is 3.00 bits per heavy atom. The zero-order chi connectivity index (χ0) is 5.11. The fraction of sp³-hybridized carbons (Fsp3) is 0.667. The summed E-state index contributed by atoms with van der Waals surface area (Å²) in [6.07, 6.45) is 1.65. The molecule has 0 bridgehead atoms.